The molecular formula is C44H52N4O8S. The van der Waals surface area contributed by atoms with E-state index in [1.54, 1.807) is 33.1 Å². The lowest BCUT2D eigenvalue weighted by atomic mass is 9.84. The van der Waals surface area contributed by atoms with Crippen LogP contribution in [-0.2, 0) is 53.3 Å². The predicted octanol–water partition coefficient (Wildman–Crippen LogP) is 8.31. The third kappa shape index (κ3) is 10.6. The summed E-state index contributed by atoms with van der Waals surface area (Å²) in [6, 6.07) is 28.6. The van der Waals surface area contributed by atoms with Crippen LogP contribution in [0, 0.1) is 6.92 Å². The monoisotopic (exact) mass is 796 g/mol. The van der Waals surface area contributed by atoms with E-state index in [1.165, 1.54) is 9.87 Å². The van der Waals surface area contributed by atoms with E-state index in [1.807, 2.05) is 84.4 Å². The number of carbonyl (C=O) groups excluding carboxylic acids is 1. The highest BCUT2D eigenvalue weighted by Crippen LogP contribution is 2.39. The fourth-order valence-electron chi connectivity index (χ4n) is 7.16. The molecular weight excluding hydrogens is 745 g/mol. The first kappa shape index (κ1) is 41.4. The van der Waals surface area contributed by atoms with E-state index in [-0.39, 0.29) is 38.1 Å². The molecule has 1 aliphatic heterocycles. The number of hydrogen-bond acceptors (Lipinski definition) is 10. The van der Waals surface area contributed by atoms with Crippen molar-refractivity contribution in [2.75, 3.05) is 26.9 Å². The SMILES string of the molecule is CCOC(=O)CC(c1ccc(OC)c([C@@H](C)N2CC=C(OCc3ccccc3)OS2(=O)=O)c1)c1ccc2c(nnn2CCCCCCOCc2ccccc2)c1C. The summed E-state index contributed by atoms with van der Waals surface area (Å²) in [5.74, 6) is -0.338. The fourth-order valence-corrected chi connectivity index (χ4v) is 8.34. The maximum Gasteiger partial charge on any atom is 0.388 e. The van der Waals surface area contributed by atoms with Gasteiger partial charge in [0, 0.05) is 37.3 Å². The number of hydrogen-bond donors (Lipinski definition) is 0. The number of fused-ring (bicyclic) bond motifs is 1. The second-order valence-electron chi connectivity index (χ2n) is 14.1. The van der Waals surface area contributed by atoms with Crippen molar-refractivity contribution in [2.45, 2.75) is 84.6 Å². The van der Waals surface area contributed by atoms with E-state index in [9.17, 15) is 13.2 Å². The summed E-state index contributed by atoms with van der Waals surface area (Å²) in [6.07, 6.45) is 5.77. The zero-order chi connectivity index (χ0) is 40.2. The van der Waals surface area contributed by atoms with Gasteiger partial charge >= 0.3 is 16.3 Å². The third-order valence-corrected chi connectivity index (χ3v) is 11.6. The van der Waals surface area contributed by atoms with Gasteiger partial charge in [-0.2, -0.15) is 12.7 Å². The Morgan fingerprint density at radius 2 is 1.61 bits per heavy atom. The lowest BCUT2D eigenvalue weighted by molar-refractivity contribution is -0.143. The van der Waals surface area contributed by atoms with Crippen LogP contribution >= 0.6 is 0 Å². The average Bonchev–Trinajstić information content (AvgIpc) is 3.64. The molecule has 57 heavy (non-hydrogen) atoms. The summed E-state index contributed by atoms with van der Waals surface area (Å²) in [5, 5.41) is 9.08. The number of aromatic nitrogens is 3. The number of rotatable bonds is 20. The molecule has 302 valence electrons. The molecule has 2 heterocycles. The number of ether oxygens (including phenoxy) is 4. The van der Waals surface area contributed by atoms with Gasteiger partial charge in [-0.05, 0) is 79.6 Å². The molecule has 0 radical (unpaired) electrons. The van der Waals surface area contributed by atoms with Crippen LogP contribution in [0.15, 0.2) is 103 Å². The summed E-state index contributed by atoms with van der Waals surface area (Å²) in [7, 11) is -2.68. The highest BCUT2D eigenvalue weighted by Gasteiger charge is 2.36. The molecule has 1 unspecified atom stereocenters. The Labute approximate surface area is 335 Å². The van der Waals surface area contributed by atoms with E-state index in [0.29, 0.717) is 17.9 Å². The first-order chi connectivity index (χ1) is 27.7. The average molecular weight is 797 g/mol. The van der Waals surface area contributed by atoms with E-state index < -0.39 is 22.3 Å². The number of esters is 1. The van der Waals surface area contributed by atoms with Gasteiger partial charge in [-0.3, -0.25) is 4.79 Å². The molecule has 4 aromatic carbocycles. The largest absolute Gasteiger partial charge is 0.496 e. The van der Waals surface area contributed by atoms with Gasteiger partial charge in [-0.15, -0.1) is 5.10 Å². The Kier molecular flexibility index (Phi) is 14.3. The number of aryl methyl sites for hydroxylation is 2. The van der Waals surface area contributed by atoms with Gasteiger partial charge in [0.15, 0.2) is 0 Å². The zero-order valence-corrected chi connectivity index (χ0v) is 34.0. The standard InChI is InChI=1S/C44H52N4O8S/c1-5-54-42(49)29-39(37-21-22-40-44(32(37)2)45-46-47(40)25-14-6-7-15-27-53-30-34-16-10-8-11-17-34)36-20-23-41(52-4)38(28-36)33(3)48-26-24-43(56-57(48,50)51)55-31-35-18-12-9-13-19-35/h8-13,16-24,28,33,39H,5-7,14-15,25-27,29-31H2,1-4H3/t33-,39?/m1/s1. The predicted molar refractivity (Wildman–Crippen MR) is 217 cm³/mol. The smallest absolute Gasteiger partial charge is 0.388 e. The maximum absolute atomic E-state index is 13.5. The number of unbranched alkanes of at least 4 members (excludes halogenated alkanes) is 3. The van der Waals surface area contributed by atoms with Gasteiger partial charge in [-0.25, -0.2) is 4.68 Å². The Morgan fingerprint density at radius 1 is 0.895 bits per heavy atom. The lowest BCUT2D eigenvalue weighted by Crippen LogP contribution is -2.38. The Morgan fingerprint density at radius 3 is 2.32 bits per heavy atom. The van der Waals surface area contributed by atoms with Crippen molar-refractivity contribution in [3.8, 4) is 5.75 Å². The molecule has 0 saturated carbocycles. The molecule has 12 nitrogen and oxygen atoms in total. The van der Waals surface area contributed by atoms with E-state index >= 15 is 0 Å². The van der Waals surface area contributed by atoms with Crippen LogP contribution < -0.4 is 4.74 Å². The fraction of sp³-hybridized carbons (Fsp3) is 0.386. The van der Waals surface area contributed by atoms with E-state index in [4.69, 9.17) is 23.1 Å². The molecule has 1 aliphatic rings. The maximum atomic E-state index is 13.5. The van der Waals surface area contributed by atoms with Crippen LogP contribution in [0.4, 0.5) is 0 Å². The van der Waals surface area contributed by atoms with Gasteiger partial charge < -0.3 is 23.1 Å². The summed E-state index contributed by atoms with van der Waals surface area (Å²) >= 11 is 0. The number of methoxy groups -OCH3 is 1. The van der Waals surface area contributed by atoms with Crippen molar-refractivity contribution in [1.29, 1.82) is 0 Å². The highest BCUT2D eigenvalue weighted by molar-refractivity contribution is 7.84. The summed E-state index contributed by atoms with van der Waals surface area (Å²) in [4.78, 5) is 13.1. The number of carbonyl (C=O) groups is 1. The van der Waals surface area contributed by atoms with Gasteiger partial charge in [0.05, 0.1) is 38.3 Å². The molecule has 5 aromatic rings. The van der Waals surface area contributed by atoms with Crippen LogP contribution in [0.5, 0.6) is 5.75 Å². The second-order valence-corrected chi connectivity index (χ2v) is 15.6. The topological polar surface area (TPSA) is 131 Å². The van der Waals surface area contributed by atoms with E-state index in [2.05, 4.69) is 22.4 Å². The zero-order valence-electron chi connectivity index (χ0n) is 33.1. The van der Waals surface area contributed by atoms with Crippen LogP contribution in [0.1, 0.15) is 91.3 Å². The quantitative estimate of drug-likeness (QED) is 0.0560. The normalized spacial score (nSPS) is 15.1. The molecule has 0 amide bonds. The summed E-state index contributed by atoms with van der Waals surface area (Å²) in [6.45, 7) is 8.12. The molecule has 0 bridgehead atoms. The van der Waals surface area contributed by atoms with Crippen molar-refractivity contribution in [1.82, 2.24) is 19.3 Å². The van der Waals surface area contributed by atoms with Gasteiger partial charge in [0.2, 0.25) is 0 Å². The Balaban J connectivity index is 1.17. The van der Waals surface area contributed by atoms with Crippen LogP contribution in [0.2, 0.25) is 0 Å². The minimum atomic E-state index is -4.23. The molecule has 0 aliphatic carbocycles. The van der Waals surface area contributed by atoms with Crippen LogP contribution in [0.25, 0.3) is 11.0 Å². The van der Waals surface area contributed by atoms with Crippen molar-refractivity contribution in [3.63, 3.8) is 0 Å². The van der Waals surface area contributed by atoms with E-state index in [0.717, 1.165) is 72.1 Å². The molecule has 0 N–H and O–H groups in total. The minimum Gasteiger partial charge on any atom is -0.496 e. The van der Waals surface area contributed by atoms with Gasteiger partial charge in [0.25, 0.3) is 5.95 Å². The highest BCUT2D eigenvalue weighted by atomic mass is 32.2. The van der Waals surface area contributed by atoms with Crippen molar-refractivity contribution < 1.29 is 36.3 Å². The second kappa shape index (κ2) is 19.8. The summed E-state index contributed by atoms with van der Waals surface area (Å²) < 4.78 is 58.2. The van der Waals surface area contributed by atoms with Crippen molar-refractivity contribution >= 4 is 27.3 Å². The van der Waals surface area contributed by atoms with Crippen LogP contribution in [0.3, 0.4) is 0 Å². The first-order valence-corrected chi connectivity index (χ1v) is 20.9. The summed E-state index contributed by atoms with van der Waals surface area (Å²) in [5.41, 5.74) is 6.99. The molecule has 0 spiro atoms. The molecule has 0 saturated heterocycles. The molecule has 13 heteroatoms. The molecule has 0 fully saturated rings. The molecule has 6 rings (SSSR count). The molecule has 1 aromatic heterocycles. The Bertz CT molecular complexity index is 2230. The number of nitrogens with zero attached hydrogens (tertiary/aromatic N) is 4. The lowest BCUT2D eigenvalue weighted by Gasteiger charge is -2.31. The van der Waals surface area contributed by atoms with Gasteiger partial charge in [-0.1, -0.05) is 90.9 Å². The van der Waals surface area contributed by atoms with Crippen LogP contribution in [-0.4, -0.2) is 60.6 Å². The third-order valence-electron chi connectivity index (χ3n) is 10.2. The first-order valence-electron chi connectivity index (χ1n) is 19.5. The minimum absolute atomic E-state index is 0.0296. The molecule has 2 atom stereocenters. The van der Waals surface area contributed by atoms with Crippen molar-refractivity contribution in [3.05, 3.63) is 136 Å². The van der Waals surface area contributed by atoms with Crippen molar-refractivity contribution in [2.24, 2.45) is 0 Å². The van der Waals surface area contributed by atoms with Gasteiger partial charge in [0.1, 0.15) is 17.9 Å². The Hall–Kier alpha value is -5.24. The number of benzene rings is 4.